The van der Waals surface area contributed by atoms with Gasteiger partial charge in [-0.2, -0.15) is 0 Å². The minimum atomic E-state index is -0.119. The summed E-state index contributed by atoms with van der Waals surface area (Å²) in [6.45, 7) is 0. The van der Waals surface area contributed by atoms with Crippen LogP contribution in [0.15, 0.2) is 0 Å². The van der Waals surface area contributed by atoms with Gasteiger partial charge < -0.3 is 4.74 Å². The molecule has 0 aliphatic heterocycles. The highest BCUT2D eigenvalue weighted by Gasteiger charge is 2.44. The zero-order chi connectivity index (χ0) is 7.56. The van der Waals surface area contributed by atoms with Gasteiger partial charge in [0.2, 0.25) is 5.92 Å². The first-order chi connectivity index (χ1) is 4.77. The lowest BCUT2D eigenvalue weighted by atomic mass is 9.80. The van der Waals surface area contributed by atoms with E-state index in [1.54, 1.807) is 0 Å². The van der Waals surface area contributed by atoms with Crippen LogP contribution < -0.4 is 5.32 Å². The maximum absolute atomic E-state index is 10.8. The van der Waals surface area contributed by atoms with Crippen LogP contribution in [-0.2, 0) is 9.53 Å². The van der Waals surface area contributed by atoms with Gasteiger partial charge in [-0.1, -0.05) is 0 Å². The lowest BCUT2D eigenvalue weighted by molar-refractivity contribution is -0.146. The second-order valence-electron chi connectivity index (χ2n) is 2.45. The molecule has 3 heteroatoms. The molecule has 0 radical (unpaired) electrons. The summed E-state index contributed by atoms with van der Waals surface area (Å²) in [6, 6.07) is 0.407. The zero-order valence-corrected chi connectivity index (χ0v) is 6.26. The zero-order valence-electron chi connectivity index (χ0n) is 6.26. The Morgan fingerprint density at radius 3 is 2.80 bits per heavy atom. The molecule has 1 aliphatic rings. The molecule has 0 spiro atoms. The van der Waals surface area contributed by atoms with Crippen LogP contribution in [0.25, 0.3) is 0 Å². The number of hydrogen-bond acceptors (Lipinski definition) is 3. The summed E-state index contributed by atoms with van der Waals surface area (Å²) in [5, 5.41) is 3.05. The van der Waals surface area contributed by atoms with Crippen molar-refractivity contribution in [3.05, 3.63) is 6.42 Å². The molecule has 0 aromatic carbocycles. The van der Waals surface area contributed by atoms with E-state index in [-0.39, 0.29) is 11.9 Å². The van der Waals surface area contributed by atoms with Crippen LogP contribution in [0, 0.1) is 12.3 Å². The topological polar surface area (TPSA) is 38.3 Å². The summed E-state index contributed by atoms with van der Waals surface area (Å²) < 4.78 is 4.55. The number of carbonyl (C=O) groups is 1. The number of ether oxygens (including phenoxy) is 1. The van der Waals surface area contributed by atoms with Crippen molar-refractivity contribution in [3.8, 4) is 0 Å². The molecule has 0 amide bonds. The van der Waals surface area contributed by atoms with Gasteiger partial charge >= 0.3 is 5.97 Å². The highest BCUT2D eigenvalue weighted by molar-refractivity contribution is 5.75. The number of carbonyl (C=O) groups excluding carboxylic acids is 1. The number of esters is 1. The predicted molar refractivity (Wildman–Crippen MR) is 37.3 cm³/mol. The van der Waals surface area contributed by atoms with E-state index in [0.717, 1.165) is 6.42 Å². The third kappa shape index (κ3) is 1.24. The fraction of sp³-hybridized carbons (Fsp3) is 0.714. The summed E-state index contributed by atoms with van der Waals surface area (Å²) >= 11 is 0. The molecule has 1 aliphatic carbocycles. The van der Waals surface area contributed by atoms with Crippen LogP contribution in [0.2, 0.25) is 0 Å². The predicted octanol–water partition coefficient (Wildman–Crippen LogP) is -0.0284. The monoisotopic (exact) mass is 142 g/mol. The lowest BCUT2D eigenvalue weighted by Gasteiger charge is -2.22. The van der Waals surface area contributed by atoms with Gasteiger partial charge in [-0.05, 0) is 7.05 Å². The largest absolute Gasteiger partial charge is 0.466 e. The third-order valence-electron chi connectivity index (χ3n) is 1.85. The molecule has 0 unspecified atom stereocenters. The van der Waals surface area contributed by atoms with Crippen LogP contribution >= 0.6 is 0 Å². The molecule has 0 aromatic heterocycles. The van der Waals surface area contributed by atoms with E-state index >= 15 is 0 Å². The Morgan fingerprint density at radius 2 is 2.40 bits per heavy atom. The Kier molecular flexibility index (Phi) is 2.17. The Balaban J connectivity index is 2.19. The summed E-state index contributed by atoms with van der Waals surface area (Å²) in [5.41, 5.74) is 0. The number of hydrogen-bond donors (Lipinski definition) is 1. The molecule has 1 rings (SSSR count). The summed E-state index contributed by atoms with van der Waals surface area (Å²) in [7, 11) is 3.30. The minimum absolute atomic E-state index is 0.0300. The number of rotatable bonds is 2. The molecule has 0 bridgehead atoms. The van der Waals surface area contributed by atoms with Crippen molar-refractivity contribution in [1.82, 2.24) is 5.32 Å². The average molecular weight is 142 g/mol. The van der Waals surface area contributed by atoms with Crippen molar-refractivity contribution in [2.75, 3.05) is 14.2 Å². The smallest absolute Gasteiger partial charge is 0.354 e. The van der Waals surface area contributed by atoms with E-state index in [1.165, 1.54) is 7.11 Å². The molecule has 56 valence electrons. The van der Waals surface area contributed by atoms with Crippen molar-refractivity contribution in [2.45, 2.75) is 12.5 Å². The fourth-order valence-corrected chi connectivity index (χ4v) is 1.06. The summed E-state index contributed by atoms with van der Waals surface area (Å²) in [5.74, 6) is -0.0889. The highest BCUT2D eigenvalue weighted by Crippen LogP contribution is 2.26. The van der Waals surface area contributed by atoms with Gasteiger partial charge in [0.25, 0.3) is 0 Å². The van der Waals surface area contributed by atoms with Crippen molar-refractivity contribution in [3.63, 3.8) is 0 Å². The van der Waals surface area contributed by atoms with Crippen molar-refractivity contribution in [1.29, 1.82) is 0 Å². The van der Waals surface area contributed by atoms with Crippen LogP contribution in [0.5, 0.6) is 0 Å². The molecule has 3 nitrogen and oxygen atoms in total. The Labute approximate surface area is 60.7 Å². The van der Waals surface area contributed by atoms with Crippen molar-refractivity contribution < 1.29 is 9.53 Å². The molecule has 2 atom stereocenters. The molecule has 1 saturated carbocycles. The SMILES string of the molecule is CN[C@@H]1[CH+][C@H](C(=O)OC)C1. The van der Waals surface area contributed by atoms with Gasteiger partial charge in [-0.15, -0.1) is 0 Å². The standard InChI is InChI=1S/C7H12NO2/c1-8-6-3-5(4-6)7(9)10-2/h3,5-6,8H,4H2,1-2H3/q+1/t5-,6+/m0/s1. The molecule has 1 fully saturated rings. The van der Waals surface area contributed by atoms with Crippen molar-refractivity contribution >= 4 is 5.97 Å². The Morgan fingerprint density at radius 1 is 1.80 bits per heavy atom. The van der Waals surface area contributed by atoms with Crippen molar-refractivity contribution in [2.24, 2.45) is 5.92 Å². The minimum Gasteiger partial charge on any atom is -0.466 e. The van der Waals surface area contributed by atoms with E-state index < -0.39 is 0 Å². The highest BCUT2D eigenvalue weighted by atomic mass is 16.5. The molecule has 0 heterocycles. The first-order valence-corrected chi connectivity index (χ1v) is 3.38. The van der Waals surface area contributed by atoms with Gasteiger partial charge in [0.15, 0.2) is 6.04 Å². The Bertz CT molecular complexity index is 130. The van der Waals surface area contributed by atoms with Gasteiger partial charge in [0.05, 0.1) is 13.5 Å². The second-order valence-corrected chi connectivity index (χ2v) is 2.45. The number of methoxy groups -OCH3 is 1. The second kappa shape index (κ2) is 2.92. The normalized spacial score (nSPS) is 30.2. The van der Waals surface area contributed by atoms with E-state index in [9.17, 15) is 4.79 Å². The third-order valence-corrected chi connectivity index (χ3v) is 1.85. The average Bonchev–Trinajstić information content (AvgIpc) is 1.85. The quantitative estimate of drug-likeness (QED) is 0.434. The van der Waals surface area contributed by atoms with E-state index in [1.807, 2.05) is 13.5 Å². The maximum Gasteiger partial charge on any atom is 0.354 e. The molecule has 10 heavy (non-hydrogen) atoms. The first kappa shape index (κ1) is 7.41. The maximum atomic E-state index is 10.8. The van der Waals surface area contributed by atoms with Crippen LogP contribution in [-0.4, -0.2) is 26.2 Å². The van der Waals surface area contributed by atoms with Gasteiger partial charge in [-0.3, -0.25) is 5.32 Å². The van der Waals surface area contributed by atoms with Gasteiger partial charge in [0.1, 0.15) is 6.42 Å². The molecular formula is C7H12NO2+. The van der Waals surface area contributed by atoms with Crippen LogP contribution in [0.3, 0.4) is 0 Å². The van der Waals surface area contributed by atoms with E-state index in [0.29, 0.717) is 6.04 Å². The Hall–Kier alpha value is -0.700. The van der Waals surface area contributed by atoms with E-state index in [2.05, 4.69) is 10.1 Å². The molecule has 0 aromatic rings. The lowest BCUT2D eigenvalue weighted by Crippen LogP contribution is -2.43. The molecular weight excluding hydrogens is 130 g/mol. The molecule has 0 saturated heterocycles. The van der Waals surface area contributed by atoms with Gasteiger partial charge in [0, 0.05) is 0 Å². The van der Waals surface area contributed by atoms with Crippen LogP contribution in [0.1, 0.15) is 6.42 Å². The number of nitrogens with one attached hydrogen (secondary N) is 1. The fourth-order valence-electron chi connectivity index (χ4n) is 1.06. The first-order valence-electron chi connectivity index (χ1n) is 3.38. The molecule has 1 N–H and O–H groups in total. The summed E-state index contributed by atoms with van der Waals surface area (Å²) in [6.07, 6.45) is 2.84. The van der Waals surface area contributed by atoms with Gasteiger partial charge in [-0.25, -0.2) is 4.79 Å². The van der Waals surface area contributed by atoms with Crippen LogP contribution in [0.4, 0.5) is 0 Å². The summed E-state index contributed by atoms with van der Waals surface area (Å²) in [4.78, 5) is 10.8. The van der Waals surface area contributed by atoms with E-state index in [4.69, 9.17) is 0 Å².